The lowest BCUT2D eigenvalue weighted by molar-refractivity contribution is 0.415. The standard InChI is InChI=1S/C16H21N3O/c1-19(13-5-7-17-8-6-13)14-9-12-3-4-15(20-2)10-16(12)18-11-14/h3-4,9-11,13,17H,5-8H2,1-2H3. The van der Waals surface area contributed by atoms with Crippen molar-refractivity contribution >= 4 is 16.6 Å². The molecule has 1 N–H and O–H groups in total. The van der Waals surface area contributed by atoms with Crippen molar-refractivity contribution in [1.29, 1.82) is 0 Å². The second kappa shape index (κ2) is 5.67. The van der Waals surface area contributed by atoms with Crippen LogP contribution in [0, 0.1) is 0 Å². The van der Waals surface area contributed by atoms with Crippen LogP contribution in [-0.4, -0.2) is 38.3 Å². The minimum Gasteiger partial charge on any atom is -0.497 e. The molecular formula is C16H21N3O. The van der Waals surface area contributed by atoms with E-state index >= 15 is 0 Å². The molecule has 2 aromatic rings. The Morgan fingerprint density at radius 2 is 2.05 bits per heavy atom. The number of benzene rings is 1. The number of fused-ring (bicyclic) bond motifs is 1. The average Bonchev–Trinajstić information content (AvgIpc) is 2.54. The van der Waals surface area contributed by atoms with Crippen molar-refractivity contribution in [2.24, 2.45) is 0 Å². The van der Waals surface area contributed by atoms with E-state index in [1.54, 1.807) is 7.11 Å². The first kappa shape index (κ1) is 13.2. The fraction of sp³-hybridized carbons (Fsp3) is 0.438. The minimum atomic E-state index is 0.605. The highest BCUT2D eigenvalue weighted by atomic mass is 16.5. The molecule has 0 radical (unpaired) electrons. The SMILES string of the molecule is COc1ccc2cc(N(C)C3CCNCC3)cnc2c1. The molecule has 4 nitrogen and oxygen atoms in total. The number of rotatable bonds is 3. The van der Waals surface area contributed by atoms with Gasteiger partial charge in [0.05, 0.1) is 24.5 Å². The van der Waals surface area contributed by atoms with Crippen LogP contribution in [0.15, 0.2) is 30.5 Å². The lowest BCUT2D eigenvalue weighted by atomic mass is 10.0. The van der Waals surface area contributed by atoms with Crippen LogP contribution in [0.4, 0.5) is 5.69 Å². The molecule has 106 valence electrons. The van der Waals surface area contributed by atoms with E-state index in [-0.39, 0.29) is 0 Å². The number of nitrogens with one attached hydrogen (secondary N) is 1. The van der Waals surface area contributed by atoms with E-state index in [0.717, 1.165) is 29.7 Å². The summed E-state index contributed by atoms with van der Waals surface area (Å²) in [6.07, 6.45) is 4.35. The zero-order valence-electron chi connectivity index (χ0n) is 12.1. The maximum Gasteiger partial charge on any atom is 0.121 e. The Bertz CT molecular complexity index is 593. The van der Waals surface area contributed by atoms with Gasteiger partial charge in [-0.3, -0.25) is 4.98 Å². The van der Waals surface area contributed by atoms with Crippen LogP contribution in [0.2, 0.25) is 0 Å². The summed E-state index contributed by atoms with van der Waals surface area (Å²) in [5, 5.41) is 4.56. The molecule has 0 bridgehead atoms. The van der Waals surface area contributed by atoms with Crippen molar-refractivity contribution in [3.05, 3.63) is 30.5 Å². The Labute approximate surface area is 119 Å². The van der Waals surface area contributed by atoms with Crippen LogP contribution in [-0.2, 0) is 0 Å². The molecule has 1 aromatic carbocycles. The topological polar surface area (TPSA) is 37.4 Å². The van der Waals surface area contributed by atoms with Gasteiger partial charge in [-0.05, 0) is 44.1 Å². The second-order valence-corrected chi connectivity index (χ2v) is 5.34. The first-order chi connectivity index (χ1) is 9.78. The van der Waals surface area contributed by atoms with E-state index in [2.05, 4.69) is 34.4 Å². The van der Waals surface area contributed by atoms with Crippen molar-refractivity contribution in [3.63, 3.8) is 0 Å². The summed E-state index contributed by atoms with van der Waals surface area (Å²) >= 11 is 0. The highest BCUT2D eigenvalue weighted by molar-refractivity contribution is 5.83. The van der Waals surface area contributed by atoms with Gasteiger partial charge in [0.15, 0.2) is 0 Å². The number of ether oxygens (including phenoxy) is 1. The first-order valence-corrected chi connectivity index (χ1v) is 7.15. The summed E-state index contributed by atoms with van der Waals surface area (Å²) in [7, 11) is 3.85. The molecule has 0 unspecified atom stereocenters. The summed E-state index contributed by atoms with van der Waals surface area (Å²) < 4.78 is 5.24. The fourth-order valence-electron chi connectivity index (χ4n) is 2.81. The van der Waals surface area contributed by atoms with E-state index in [1.165, 1.54) is 18.5 Å². The molecule has 0 atom stereocenters. The molecular weight excluding hydrogens is 250 g/mol. The Morgan fingerprint density at radius 3 is 2.80 bits per heavy atom. The molecule has 1 aliphatic heterocycles. The van der Waals surface area contributed by atoms with Crippen molar-refractivity contribution < 1.29 is 4.74 Å². The Hall–Kier alpha value is -1.81. The van der Waals surface area contributed by atoms with Gasteiger partial charge in [-0.25, -0.2) is 0 Å². The zero-order valence-corrected chi connectivity index (χ0v) is 12.1. The van der Waals surface area contributed by atoms with Gasteiger partial charge in [-0.2, -0.15) is 0 Å². The molecule has 3 rings (SSSR count). The van der Waals surface area contributed by atoms with E-state index in [9.17, 15) is 0 Å². The molecule has 1 aliphatic rings. The van der Waals surface area contributed by atoms with Gasteiger partial charge in [0, 0.05) is 24.5 Å². The monoisotopic (exact) mass is 271 g/mol. The van der Waals surface area contributed by atoms with Crippen LogP contribution >= 0.6 is 0 Å². The smallest absolute Gasteiger partial charge is 0.121 e. The average molecular weight is 271 g/mol. The number of nitrogens with zero attached hydrogens (tertiary/aromatic N) is 2. The third-order valence-electron chi connectivity index (χ3n) is 4.14. The largest absolute Gasteiger partial charge is 0.497 e. The third-order valence-corrected chi connectivity index (χ3v) is 4.14. The molecule has 2 heterocycles. The molecule has 20 heavy (non-hydrogen) atoms. The Balaban J connectivity index is 1.88. The van der Waals surface area contributed by atoms with Gasteiger partial charge in [-0.15, -0.1) is 0 Å². The van der Waals surface area contributed by atoms with E-state index in [4.69, 9.17) is 4.74 Å². The first-order valence-electron chi connectivity index (χ1n) is 7.15. The molecule has 1 fully saturated rings. The maximum atomic E-state index is 5.24. The predicted octanol–water partition coefficient (Wildman–Crippen LogP) is 2.43. The second-order valence-electron chi connectivity index (χ2n) is 5.34. The predicted molar refractivity (Wildman–Crippen MR) is 82.6 cm³/mol. The number of hydrogen-bond donors (Lipinski definition) is 1. The summed E-state index contributed by atoms with van der Waals surface area (Å²) in [6, 6.07) is 8.85. The Morgan fingerprint density at radius 1 is 1.25 bits per heavy atom. The fourth-order valence-corrected chi connectivity index (χ4v) is 2.81. The normalized spacial score (nSPS) is 16.3. The lowest BCUT2D eigenvalue weighted by Crippen LogP contribution is -2.41. The number of anilines is 1. The van der Waals surface area contributed by atoms with Crippen molar-refractivity contribution in [2.75, 3.05) is 32.1 Å². The minimum absolute atomic E-state index is 0.605. The summed E-state index contributed by atoms with van der Waals surface area (Å²) in [4.78, 5) is 6.93. The number of hydrogen-bond acceptors (Lipinski definition) is 4. The molecule has 1 saturated heterocycles. The number of methoxy groups -OCH3 is 1. The van der Waals surface area contributed by atoms with Gasteiger partial charge >= 0.3 is 0 Å². The van der Waals surface area contributed by atoms with Crippen molar-refractivity contribution in [2.45, 2.75) is 18.9 Å². The van der Waals surface area contributed by atoms with Crippen LogP contribution in [0.5, 0.6) is 5.75 Å². The van der Waals surface area contributed by atoms with E-state index in [0.29, 0.717) is 6.04 Å². The molecule has 4 heteroatoms. The van der Waals surface area contributed by atoms with Crippen LogP contribution in [0.1, 0.15) is 12.8 Å². The van der Waals surface area contributed by atoms with Crippen LogP contribution < -0.4 is 15.0 Å². The zero-order chi connectivity index (χ0) is 13.9. The van der Waals surface area contributed by atoms with Gasteiger partial charge in [0.2, 0.25) is 0 Å². The van der Waals surface area contributed by atoms with E-state index in [1.807, 2.05) is 18.3 Å². The molecule has 0 spiro atoms. The van der Waals surface area contributed by atoms with Crippen LogP contribution in [0.25, 0.3) is 10.9 Å². The number of pyridine rings is 1. The summed E-state index contributed by atoms with van der Waals surface area (Å²) in [6.45, 7) is 2.21. The van der Waals surface area contributed by atoms with Crippen LogP contribution in [0.3, 0.4) is 0 Å². The van der Waals surface area contributed by atoms with Gasteiger partial charge in [0.25, 0.3) is 0 Å². The van der Waals surface area contributed by atoms with Crippen molar-refractivity contribution in [1.82, 2.24) is 10.3 Å². The number of piperidine rings is 1. The van der Waals surface area contributed by atoms with Gasteiger partial charge in [-0.1, -0.05) is 0 Å². The highest BCUT2D eigenvalue weighted by Gasteiger charge is 2.18. The van der Waals surface area contributed by atoms with Crippen molar-refractivity contribution in [3.8, 4) is 5.75 Å². The molecule has 1 aromatic heterocycles. The van der Waals surface area contributed by atoms with Gasteiger partial charge in [0.1, 0.15) is 5.75 Å². The number of aromatic nitrogens is 1. The Kier molecular flexibility index (Phi) is 3.74. The summed E-state index contributed by atoms with van der Waals surface area (Å²) in [5.74, 6) is 0.851. The molecule has 0 aliphatic carbocycles. The summed E-state index contributed by atoms with van der Waals surface area (Å²) in [5.41, 5.74) is 2.17. The third kappa shape index (κ3) is 2.56. The highest BCUT2D eigenvalue weighted by Crippen LogP contribution is 2.25. The lowest BCUT2D eigenvalue weighted by Gasteiger charge is -2.33. The van der Waals surface area contributed by atoms with Gasteiger partial charge < -0.3 is 15.0 Å². The quantitative estimate of drug-likeness (QED) is 0.930. The van der Waals surface area contributed by atoms with E-state index < -0.39 is 0 Å². The molecule has 0 saturated carbocycles. The molecule has 0 amide bonds. The maximum absolute atomic E-state index is 5.24.